The Balaban J connectivity index is 2.11. The van der Waals surface area contributed by atoms with Gasteiger partial charge in [0.15, 0.2) is 0 Å². The van der Waals surface area contributed by atoms with Crippen molar-refractivity contribution in [3.63, 3.8) is 0 Å². The molecule has 0 aromatic carbocycles. The fourth-order valence-corrected chi connectivity index (χ4v) is 1.88. The molecule has 1 atom stereocenters. The maximum absolute atomic E-state index is 9.85. The van der Waals surface area contributed by atoms with Crippen molar-refractivity contribution in [1.29, 1.82) is 0 Å². The predicted octanol–water partition coefficient (Wildman–Crippen LogP) is 1.03. The molecule has 1 saturated carbocycles. The van der Waals surface area contributed by atoms with E-state index in [0.29, 0.717) is 5.92 Å². The van der Waals surface area contributed by atoms with Crippen LogP contribution in [0.3, 0.4) is 0 Å². The van der Waals surface area contributed by atoms with Gasteiger partial charge >= 0.3 is 0 Å². The summed E-state index contributed by atoms with van der Waals surface area (Å²) in [6.07, 6.45) is 3.58. The van der Waals surface area contributed by atoms with Crippen LogP contribution in [0.25, 0.3) is 0 Å². The van der Waals surface area contributed by atoms with E-state index in [9.17, 15) is 5.11 Å². The van der Waals surface area contributed by atoms with Gasteiger partial charge < -0.3 is 14.9 Å². The molecule has 1 rings (SSSR count). The molecule has 1 N–H and O–H groups in total. The van der Waals surface area contributed by atoms with E-state index in [2.05, 4.69) is 30.8 Å². The number of aliphatic hydroxyl groups is 1. The molecule has 0 spiro atoms. The first-order valence-electron chi connectivity index (χ1n) is 6.18. The van der Waals surface area contributed by atoms with Gasteiger partial charge in [-0.05, 0) is 58.9 Å². The Morgan fingerprint density at radius 1 is 1.27 bits per heavy atom. The molecule has 0 aromatic rings. The molecule has 0 aliphatic heterocycles. The molecule has 3 nitrogen and oxygen atoms in total. The highest BCUT2D eigenvalue weighted by Gasteiger charge is 2.30. The minimum Gasteiger partial charge on any atom is -0.392 e. The smallest absolute Gasteiger partial charge is 0.0695 e. The van der Waals surface area contributed by atoms with Crippen LogP contribution < -0.4 is 0 Å². The molecule has 0 bridgehead atoms. The zero-order valence-electron chi connectivity index (χ0n) is 10.4. The molecule has 0 saturated heterocycles. The van der Waals surface area contributed by atoms with E-state index in [-0.39, 0.29) is 6.10 Å². The van der Waals surface area contributed by atoms with Gasteiger partial charge in [-0.1, -0.05) is 6.92 Å². The van der Waals surface area contributed by atoms with Gasteiger partial charge in [-0.25, -0.2) is 0 Å². The second-order valence-corrected chi connectivity index (χ2v) is 4.95. The van der Waals surface area contributed by atoms with Gasteiger partial charge in [0, 0.05) is 6.54 Å². The van der Waals surface area contributed by atoms with Crippen LogP contribution in [0.15, 0.2) is 0 Å². The molecule has 0 amide bonds. The van der Waals surface area contributed by atoms with E-state index < -0.39 is 0 Å². The van der Waals surface area contributed by atoms with Gasteiger partial charge in [0.05, 0.1) is 6.10 Å². The summed E-state index contributed by atoms with van der Waals surface area (Å²) in [7, 11) is 4.21. The highest BCUT2D eigenvalue weighted by Crippen LogP contribution is 2.32. The highest BCUT2D eigenvalue weighted by atomic mass is 16.3. The molecule has 15 heavy (non-hydrogen) atoms. The topological polar surface area (TPSA) is 26.7 Å². The number of hydrogen-bond acceptors (Lipinski definition) is 3. The van der Waals surface area contributed by atoms with Crippen LogP contribution in [-0.4, -0.2) is 61.3 Å². The number of aliphatic hydroxyl groups excluding tert-OH is 1. The Labute approximate surface area is 94.1 Å². The second-order valence-electron chi connectivity index (χ2n) is 4.95. The largest absolute Gasteiger partial charge is 0.392 e. The van der Waals surface area contributed by atoms with Crippen LogP contribution in [0, 0.1) is 5.92 Å². The maximum Gasteiger partial charge on any atom is 0.0695 e. The quantitative estimate of drug-likeness (QED) is 0.654. The van der Waals surface area contributed by atoms with Crippen molar-refractivity contribution < 1.29 is 5.11 Å². The molecule has 90 valence electrons. The Kier molecular flexibility index (Phi) is 5.58. The normalized spacial score (nSPS) is 18.8. The summed E-state index contributed by atoms with van der Waals surface area (Å²) < 4.78 is 0. The van der Waals surface area contributed by atoms with E-state index in [4.69, 9.17) is 0 Å². The van der Waals surface area contributed by atoms with Crippen LogP contribution in [0.2, 0.25) is 0 Å². The van der Waals surface area contributed by atoms with Crippen molar-refractivity contribution in [1.82, 2.24) is 9.80 Å². The molecular weight excluding hydrogens is 188 g/mol. The third kappa shape index (κ3) is 5.50. The minimum absolute atomic E-state index is 0.0793. The molecule has 1 unspecified atom stereocenters. The van der Waals surface area contributed by atoms with Crippen molar-refractivity contribution in [2.45, 2.75) is 32.3 Å². The van der Waals surface area contributed by atoms with Gasteiger partial charge in [-0.2, -0.15) is 0 Å². The molecule has 0 heterocycles. The molecular formula is C12H26N2O. The lowest BCUT2D eigenvalue weighted by Crippen LogP contribution is -2.35. The summed E-state index contributed by atoms with van der Waals surface area (Å²) in [5.74, 6) is 0.605. The number of nitrogens with zero attached hydrogens (tertiary/aromatic N) is 2. The zero-order chi connectivity index (χ0) is 11.3. The first-order chi connectivity index (χ1) is 7.13. The van der Waals surface area contributed by atoms with Gasteiger partial charge in [0.2, 0.25) is 0 Å². The Hall–Kier alpha value is -0.120. The van der Waals surface area contributed by atoms with Crippen molar-refractivity contribution in [3.05, 3.63) is 0 Å². The Morgan fingerprint density at radius 3 is 2.40 bits per heavy atom. The van der Waals surface area contributed by atoms with Crippen molar-refractivity contribution in [2.24, 2.45) is 5.92 Å². The molecule has 0 radical (unpaired) electrons. The maximum atomic E-state index is 9.85. The SMILES string of the molecule is CCN(CCCN(C)C)CC(O)C1CC1. The molecule has 1 aliphatic rings. The van der Waals surface area contributed by atoms with Crippen LogP contribution in [0.1, 0.15) is 26.2 Å². The first kappa shape index (κ1) is 12.9. The Morgan fingerprint density at radius 2 is 1.93 bits per heavy atom. The summed E-state index contributed by atoms with van der Waals surface area (Å²) in [5.41, 5.74) is 0. The van der Waals surface area contributed by atoms with Crippen LogP contribution in [0.4, 0.5) is 0 Å². The van der Waals surface area contributed by atoms with Crippen molar-refractivity contribution in [3.8, 4) is 0 Å². The lowest BCUT2D eigenvalue weighted by Gasteiger charge is -2.24. The molecule has 0 aromatic heterocycles. The standard InChI is InChI=1S/C12H26N2O/c1-4-14(9-5-8-13(2)3)10-12(15)11-6-7-11/h11-12,15H,4-10H2,1-3H3. The van der Waals surface area contributed by atoms with Crippen LogP contribution >= 0.6 is 0 Å². The summed E-state index contributed by atoms with van der Waals surface area (Å²) >= 11 is 0. The highest BCUT2D eigenvalue weighted by molar-refractivity contribution is 4.82. The summed E-state index contributed by atoms with van der Waals surface area (Å²) in [6, 6.07) is 0. The van der Waals surface area contributed by atoms with Gasteiger partial charge in [0.25, 0.3) is 0 Å². The monoisotopic (exact) mass is 214 g/mol. The van der Waals surface area contributed by atoms with Gasteiger partial charge in [-0.3, -0.25) is 0 Å². The zero-order valence-corrected chi connectivity index (χ0v) is 10.4. The lowest BCUT2D eigenvalue weighted by atomic mass is 10.2. The average molecular weight is 214 g/mol. The van der Waals surface area contributed by atoms with E-state index in [1.54, 1.807) is 0 Å². The molecule has 1 aliphatic carbocycles. The number of hydrogen-bond donors (Lipinski definition) is 1. The molecule has 3 heteroatoms. The van der Waals surface area contributed by atoms with Crippen molar-refractivity contribution >= 4 is 0 Å². The first-order valence-corrected chi connectivity index (χ1v) is 6.18. The summed E-state index contributed by atoms with van der Waals surface area (Å²) in [6.45, 7) is 6.34. The van der Waals surface area contributed by atoms with Gasteiger partial charge in [0.1, 0.15) is 0 Å². The summed E-state index contributed by atoms with van der Waals surface area (Å²) in [5, 5.41) is 9.85. The van der Waals surface area contributed by atoms with Crippen LogP contribution in [-0.2, 0) is 0 Å². The second kappa shape index (κ2) is 6.46. The van der Waals surface area contributed by atoms with E-state index in [1.807, 2.05) is 0 Å². The number of likely N-dealkylation sites (N-methyl/N-ethyl adjacent to an activating group) is 1. The fraction of sp³-hybridized carbons (Fsp3) is 1.00. The van der Waals surface area contributed by atoms with Crippen LogP contribution in [0.5, 0.6) is 0 Å². The third-order valence-electron chi connectivity index (χ3n) is 3.14. The summed E-state index contributed by atoms with van der Waals surface area (Å²) in [4.78, 5) is 4.58. The predicted molar refractivity (Wildman–Crippen MR) is 64.0 cm³/mol. The Bertz CT molecular complexity index is 169. The number of rotatable bonds is 8. The fourth-order valence-electron chi connectivity index (χ4n) is 1.88. The van der Waals surface area contributed by atoms with Gasteiger partial charge in [-0.15, -0.1) is 0 Å². The van der Waals surface area contributed by atoms with Crippen molar-refractivity contribution in [2.75, 3.05) is 40.3 Å². The van der Waals surface area contributed by atoms with E-state index in [1.165, 1.54) is 19.3 Å². The lowest BCUT2D eigenvalue weighted by molar-refractivity contribution is 0.0958. The van der Waals surface area contributed by atoms with E-state index in [0.717, 1.165) is 26.2 Å². The molecule has 1 fully saturated rings. The minimum atomic E-state index is -0.0793. The van der Waals surface area contributed by atoms with E-state index >= 15 is 0 Å². The average Bonchev–Trinajstić information content (AvgIpc) is 2.98. The third-order valence-corrected chi connectivity index (χ3v) is 3.14.